The zero-order valence-corrected chi connectivity index (χ0v) is 18.4. The summed E-state index contributed by atoms with van der Waals surface area (Å²) >= 11 is 0. The van der Waals surface area contributed by atoms with Gasteiger partial charge in [-0.15, -0.1) is 0 Å². The highest BCUT2D eigenvalue weighted by Crippen LogP contribution is 2.22. The standard InChI is InChI=1S/C26H24N4O4/c31-25(32)10-7-20-1-3-21(4-2-20)17-29-13-14-30(19-29)24(15-26(33)34)23-8-5-22(6-9-23)16-28-12-11-27-18-28/h1-14,18-19,24H,15-17H2,(H-,31,32,33,34)/b10-7+. The Kier molecular flexibility index (Phi) is 6.98. The minimum atomic E-state index is -1.11. The van der Waals surface area contributed by atoms with Crippen LogP contribution in [0.2, 0.25) is 0 Å². The SMILES string of the molecule is O=C(O)/C=C/c1ccc(C[n+]2ccn(C(CC(=O)[O-])c3ccc(Cn4ccnc4)cc3)c2)cc1. The maximum atomic E-state index is 11.5. The molecule has 1 atom stereocenters. The number of aliphatic carboxylic acids is 2. The number of rotatable bonds is 10. The summed E-state index contributed by atoms with van der Waals surface area (Å²) in [6, 6.07) is 15.1. The Morgan fingerprint density at radius 1 is 1.06 bits per heavy atom. The molecule has 0 saturated heterocycles. The average molecular weight is 457 g/mol. The molecule has 0 fully saturated rings. The lowest BCUT2D eigenvalue weighted by Crippen LogP contribution is -2.32. The molecule has 1 unspecified atom stereocenters. The number of carbonyl (C=O) groups excluding carboxylic acids is 1. The van der Waals surface area contributed by atoms with Crippen LogP contribution in [0.15, 0.2) is 92.0 Å². The highest BCUT2D eigenvalue weighted by atomic mass is 16.4. The second-order valence-electron chi connectivity index (χ2n) is 8.01. The summed E-state index contributed by atoms with van der Waals surface area (Å²) < 4.78 is 5.82. The molecule has 2 aromatic carbocycles. The van der Waals surface area contributed by atoms with Gasteiger partial charge in [-0.1, -0.05) is 48.5 Å². The third-order valence-electron chi connectivity index (χ3n) is 5.48. The number of hydrogen-bond donors (Lipinski definition) is 1. The quantitative estimate of drug-likeness (QED) is 0.290. The van der Waals surface area contributed by atoms with E-state index >= 15 is 0 Å². The van der Waals surface area contributed by atoms with Crippen LogP contribution in [-0.4, -0.2) is 31.2 Å². The van der Waals surface area contributed by atoms with Crippen molar-refractivity contribution in [2.75, 3.05) is 0 Å². The molecule has 0 radical (unpaired) electrons. The van der Waals surface area contributed by atoms with E-state index in [0.717, 1.165) is 28.3 Å². The third kappa shape index (κ3) is 6.07. The van der Waals surface area contributed by atoms with Gasteiger partial charge in [-0.3, -0.25) is 0 Å². The minimum Gasteiger partial charge on any atom is -0.550 e. The molecule has 2 heterocycles. The van der Waals surface area contributed by atoms with Crippen LogP contribution in [0.1, 0.15) is 34.7 Å². The van der Waals surface area contributed by atoms with Gasteiger partial charge in [0.2, 0.25) is 6.33 Å². The van der Waals surface area contributed by atoms with Crippen LogP contribution in [-0.2, 0) is 22.7 Å². The van der Waals surface area contributed by atoms with Crippen molar-refractivity contribution >= 4 is 18.0 Å². The first-order valence-electron chi connectivity index (χ1n) is 10.8. The largest absolute Gasteiger partial charge is 0.550 e. The van der Waals surface area contributed by atoms with Gasteiger partial charge in [-0.25, -0.2) is 18.9 Å². The molecule has 4 aromatic rings. The number of nitrogens with zero attached hydrogens (tertiary/aromatic N) is 4. The van der Waals surface area contributed by atoms with Gasteiger partial charge >= 0.3 is 5.97 Å². The maximum Gasteiger partial charge on any atom is 0.328 e. The van der Waals surface area contributed by atoms with E-state index in [1.807, 2.05) is 87.2 Å². The number of imidazole rings is 2. The highest BCUT2D eigenvalue weighted by molar-refractivity contribution is 5.85. The van der Waals surface area contributed by atoms with Crippen molar-refractivity contribution in [1.82, 2.24) is 14.1 Å². The Morgan fingerprint density at radius 2 is 1.79 bits per heavy atom. The fraction of sp³-hybridized carbons (Fsp3) is 0.154. The lowest BCUT2D eigenvalue weighted by Gasteiger charge is -2.15. The van der Waals surface area contributed by atoms with Gasteiger partial charge in [0.15, 0.2) is 0 Å². The first-order chi connectivity index (χ1) is 16.5. The molecule has 34 heavy (non-hydrogen) atoms. The first kappa shape index (κ1) is 22.7. The fourth-order valence-corrected chi connectivity index (χ4v) is 3.79. The van der Waals surface area contributed by atoms with E-state index in [0.29, 0.717) is 13.1 Å². The molecule has 0 aliphatic carbocycles. The first-order valence-corrected chi connectivity index (χ1v) is 10.8. The second-order valence-corrected chi connectivity index (χ2v) is 8.01. The third-order valence-corrected chi connectivity index (χ3v) is 5.48. The number of carboxylic acid groups (broad SMARTS) is 2. The van der Waals surface area contributed by atoms with Crippen molar-refractivity contribution in [2.24, 2.45) is 0 Å². The van der Waals surface area contributed by atoms with Crippen LogP contribution in [0.3, 0.4) is 0 Å². The fourth-order valence-electron chi connectivity index (χ4n) is 3.79. The summed E-state index contributed by atoms with van der Waals surface area (Å²) in [6.45, 7) is 1.29. The van der Waals surface area contributed by atoms with Crippen molar-refractivity contribution in [2.45, 2.75) is 25.6 Å². The topological polar surface area (TPSA) is 104 Å². The molecule has 1 N–H and O–H groups in total. The Labute approximate surface area is 196 Å². The molecule has 0 aliphatic rings. The monoisotopic (exact) mass is 456 g/mol. The minimum absolute atomic E-state index is 0.139. The molecule has 0 spiro atoms. The van der Waals surface area contributed by atoms with E-state index in [1.54, 1.807) is 18.6 Å². The average Bonchev–Trinajstić information content (AvgIpc) is 3.50. The van der Waals surface area contributed by atoms with Gasteiger partial charge in [0.1, 0.15) is 25.0 Å². The van der Waals surface area contributed by atoms with E-state index < -0.39 is 18.0 Å². The Morgan fingerprint density at radius 3 is 2.44 bits per heavy atom. The zero-order chi connectivity index (χ0) is 23.9. The molecule has 0 amide bonds. The molecule has 4 rings (SSSR count). The number of carbonyl (C=O) groups is 2. The van der Waals surface area contributed by atoms with Crippen LogP contribution >= 0.6 is 0 Å². The van der Waals surface area contributed by atoms with Gasteiger partial charge < -0.3 is 19.6 Å². The van der Waals surface area contributed by atoms with E-state index in [9.17, 15) is 14.7 Å². The number of carboxylic acids is 2. The van der Waals surface area contributed by atoms with Gasteiger partial charge in [0.25, 0.3) is 0 Å². The van der Waals surface area contributed by atoms with Crippen LogP contribution < -0.4 is 9.67 Å². The summed E-state index contributed by atoms with van der Waals surface area (Å²) in [5.41, 5.74) is 3.82. The van der Waals surface area contributed by atoms with Gasteiger partial charge in [-0.05, 0) is 28.3 Å². The molecule has 0 aliphatic heterocycles. The second kappa shape index (κ2) is 10.4. The van der Waals surface area contributed by atoms with Crippen LogP contribution in [0, 0.1) is 0 Å². The lowest BCUT2D eigenvalue weighted by molar-refractivity contribution is -0.687. The van der Waals surface area contributed by atoms with Crippen molar-refractivity contribution in [1.29, 1.82) is 0 Å². The predicted octanol–water partition coefficient (Wildman–Crippen LogP) is 1.90. The summed E-state index contributed by atoms with van der Waals surface area (Å²) in [6.07, 6.45) is 13.5. The zero-order valence-electron chi connectivity index (χ0n) is 18.4. The van der Waals surface area contributed by atoms with Gasteiger partial charge in [0.05, 0.1) is 6.33 Å². The van der Waals surface area contributed by atoms with Crippen LogP contribution in [0.4, 0.5) is 0 Å². The van der Waals surface area contributed by atoms with Crippen molar-refractivity contribution < 1.29 is 24.4 Å². The van der Waals surface area contributed by atoms with Crippen molar-refractivity contribution in [3.8, 4) is 0 Å². The molecular weight excluding hydrogens is 432 g/mol. The smallest absolute Gasteiger partial charge is 0.328 e. The summed E-state index contributed by atoms with van der Waals surface area (Å²) in [7, 11) is 0. The molecule has 8 heteroatoms. The molecule has 0 bridgehead atoms. The summed E-state index contributed by atoms with van der Waals surface area (Å²) in [5.74, 6) is -2.10. The maximum absolute atomic E-state index is 11.5. The highest BCUT2D eigenvalue weighted by Gasteiger charge is 2.20. The number of aromatic nitrogens is 4. The number of benzene rings is 2. The van der Waals surface area contributed by atoms with Crippen molar-refractivity contribution in [3.05, 3.63) is 114 Å². The predicted molar refractivity (Wildman–Crippen MR) is 122 cm³/mol. The molecule has 2 aromatic heterocycles. The normalized spacial score (nSPS) is 12.1. The van der Waals surface area contributed by atoms with E-state index in [2.05, 4.69) is 4.98 Å². The number of hydrogen-bond acceptors (Lipinski definition) is 4. The molecule has 0 saturated carbocycles. The van der Waals surface area contributed by atoms with Crippen LogP contribution in [0.5, 0.6) is 0 Å². The Bertz CT molecular complexity index is 1270. The van der Waals surface area contributed by atoms with Gasteiger partial charge in [0, 0.05) is 37.4 Å². The van der Waals surface area contributed by atoms with E-state index in [1.165, 1.54) is 0 Å². The molecule has 8 nitrogen and oxygen atoms in total. The van der Waals surface area contributed by atoms with E-state index in [4.69, 9.17) is 5.11 Å². The van der Waals surface area contributed by atoms with Crippen molar-refractivity contribution in [3.63, 3.8) is 0 Å². The Balaban J connectivity index is 1.48. The summed E-state index contributed by atoms with van der Waals surface area (Å²) in [5, 5.41) is 20.2. The summed E-state index contributed by atoms with van der Waals surface area (Å²) in [4.78, 5) is 26.2. The van der Waals surface area contributed by atoms with Crippen LogP contribution in [0.25, 0.3) is 6.08 Å². The molecule has 172 valence electrons. The van der Waals surface area contributed by atoms with E-state index in [-0.39, 0.29) is 6.42 Å². The van der Waals surface area contributed by atoms with Gasteiger partial charge in [-0.2, -0.15) is 0 Å². The Hall–Kier alpha value is -4.46. The molecular formula is C26H24N4O4. The lowest BCUT2D eigenvalue weighted by atomic mass is 10.0.